The molecule has 4 rings (SSSR count). The number of amides is 1. The second-order valence-corrected chi connectivity index (χ2v) is 5.54. The van der Waals surface area contributed by atoms with Crippen LogP contribution in [0.5, 0.6) is 0 Å². The summed E-state index contributed by atoms with van der Waals surface area (Å²) < 4.78 is 14.9. The first-order chi connectivity index (χ1) is 11.2. The molecule has 0 radical (unpaired) electrons. The lowest BCUT2D eigenvalue weighted by atomic mass is 9.90. The molecule has 114 valence electrons. The van der Waals surface area contributed by atoms with E-state index in [0.717, 1.165) is 16.9 Å². The molecule has 5 heteroatoms. The molecule has 0 fully saturated rings. The number of carbonyl (C=O) groups excluding carboxylic acids is 1. The lowest BCUT2D eigenvalue weighted by molar-refractivity contribution is -0.116. The van der Waals surface area contributed by atoms with Crippen LogP contribution in [-0.2, 0) is 4.79 Å². The van der Waals surface area contributed by atoms with E-state index < -0.39 is 0 Å². The average Bonchev–Trinajstić information content (AvgIpc) is 2.99. The van der Waals surface area contributed by atoms with E-state index >= 15 is 0 Å². The van der Waals surface area contributed by atoms with Crippen molar-refractivity contribution in [3.8, 4) is 5.69 Å². The minimum Gasteiger partial charge on any atom is -0.310 e. The van der Waals surface area contributed by atoms with Crippen LogP contribution in [0.2, 0.25) is 0 Å². The highest BCUT2D eigenvalue weighted by Gasteiger charge is 2.30. The van der Waals surface area contributed by atoms with Gasteiger partial charge in [-0.25, -0.2) is 9.37 Å². The Kier molecular flexibility index (Phi) is 3.19. The fourth-order valence-electron chi connectivity index (χ4n) is 2.97. The number of nitrogens with one attached hydrogen (secondary N) is 1. The van der Waals surface area contributed by atoms with Gasteiger partial charge in [0, 0.05) is 18.0 Å². The number of nitrogens with zero attached hydrogens (tertiary/aromatic N) is 2. The molecular formula is C18H14FN3O. The maximum Gasteiger partial charge on any atom is 0.226 e. The van der Waals surface area contributed by atoms with Crippen molar-refractivity contribution in [2.45, 2.75) is 12.3 Å². The summed E-state index contributed by atoms with van der Waals surface area (Å²) in [5.41, 5.74) is 2.65. The van der Waals surface area contributed by atoms with Gasteiger partial charge in [0.1, 0.15) is 18.0 Å². The Balaban J connectivity index is 1.81. The Bertz CT molecular complexity index is 856. The van der Waals surface area contributed by atoms with Gasteiger partial charge in [-0.1, -0.05) is 30.3 Å². The Morgan fingerprint density at radius 2 is 1.83 bits per heavy atom. The largest absolute Gasteiger partial charge is 0.310 e. The van der Waals surface area contributed by atoms with E-state index in [1.807, 2.05) is 30.3 Å². The highest BCUT2D eigenvalue weighted by atomic mass is 19.1. The Hall–Kier alpha value is -2.95. The fraction of sp³-hybridized carbons (Fsp3) is 0.111. The molecule has 2 aromatic carbocycles. The van der Waals surface area contributed by atoms with Crippen molar-refractivity contribution in [2.24, 2.45) is 0 Å². The molecule has 0 saturated carbocycles. The molecule has 0 bridgehead atoms. The van der Waals surface area contributed by atoms with Gasteiger partial charge in [0.05, 0.1) is 5.69 Å². The third-order valence-corrected chi connectivity index (χ3v) is 4.08. The zero-order chi connectivity index (χ0) is 15.8. The van der Waals surface area contributed by atoms with E-state index in [9.17, 15) is 9.18 Å². The van der Waals surface area contributed by atoms with Gasteiger partial charge < -0.3 is 5.32 Å². The Morgan fingerprint density at radius 1 is 1.09 bits per heavy atom. The zero-order valence-corrected chi connectivity index (χ0v) is 12.2. The molecule has 4 nitrogen and oxygen atoms in total. The molecule has 3 aromatic rings. The summed E-state index contributed by atoms with van der Waals surface area (Å²) in [5.74, 6) is 0.243. The third-order valence-electron chi connectivity index (χ3n) is 4.08. The molecular weight excluding hydrogens is 293 g/mol. The number of benzene rings is 2. The van der Waals surface area contributed by atoms with Crippen LogP contribution < -0.4 is 5.32 Å². The van der Waals surface area contributed by atoms with Crippen LogP contribution in [0.15, 0.2) is 60.9 Å². The smallest absolute Gasteiger partial charge is 0.226 e. The van der Waals surface area contributed by atoms with Crippen LogP contribution in [-0.4, -0.2) is 15.5 Å². The lowest BCUT2D eigenvalue weighted by Gasteiger charge is -2.23. The van der Waals surface area contributed by atoms with Crippen LogP contribution in [0.1, 0.15) is 23.6 Å². The fourth-order valence-corrected chi connectivity index (χ4v) is 2.97. The predicted octanol–water partition coefficient (Wildman–Crippen LogP) is 3.49. The second kappa shape index (κ2) is 5.35. The Labute approximate surface area is 132 Å². The number of carbonyl (C=O) groups is 1. The third kappa shape index (κ3) is 2.40. The maximum atomic E-state index is 13.1. The van der Waals surface area contributed by atoms with Crippen molar-refractivity contribution in [3.05, 3.63) is 78.0 Å². The number of rotatable bonds is 2. The summed E-state index contributed by atoms with van der Waals surface area (Å²) >= 11 is 0. The average molecular weight is 307 g/mol. The molecule has 2 heterocycles. The summed E-state index contributed by atoms with van der Waals surface area (Å²) in [6.45, 7) is 0. The molecule has 1 unspecified atom stereocenters. The van der Waals surface area contributed by atoms with Crippen molar-refractivity contribution in [1.82, 2.24) is 9.55 Å². The second-order valence-electron chi connectivity index (χ2n) is 5.54. The first-order valence-electron chi connectivity index (χ1n) is 7.40. The van der Waals surface area contributed by atoms with Gasteiger partial charge in [-0.05, 0) is 29.8 Å². The summed E-state index contributed by atoms with van der Waals surface area (Å²) in [6.07, 6.45) is 2.04. The monoisotopic (exact) mass is 307 g/mol. The number of imidazole rings is 1. The van der Waals surface area contributed by atoms with E-state index in [0.29, 0.717) is 12.2 Å². The first-order valence-corrected chi connectivity index (χ1v) is 7.40. The van der Waals surface area contributed by atoms with Gasteiger partial charge in [-0.3, -0.25) is 9.36 Å². The van der Waals surface area contributed by atoms with Crippen LogP contribution in [0.3, 0.4) is 0 Å². The van der Waals surface area contributed by atoms with Gasteiger partial charge >= 0.3 is 0 Å². The minimum absolute atomic E-state index is 0.0461. The van der Waals surface area contributed by atoms with Gasteiger partial charge in [0.25, 0.3) is 0 Å². The van der Waals surface area contributed by atoms with E-state index in [1.165, 1.54) is 12.1 Å². The first kappa shape index (κ1) is 13.7. The number of hydrogen-bond acceptors (Lipinski definition) is 2. The molecule has 1 N–H and O–H groups in total. The molecule has 1 amide bonds. The highest BCUT2D eigenvalue weighted by molar-refractivity contribution is 5.94. The molecule has 1 atom stereocenters. The van der Waals surface area contributed by atoms with Crippen molar-refractivity contribution in [3.63, 3.8) is 0 Å². The van der Waals surface area contributed by atoms with Crippen LogP contribution >= 0.6 is 0 Å². The molecule has 23 heavy (non-hydrogen) atoms. The van der Waals surface area contributed by atoms with Crippen molar-refractivity contribution >= 4 is 11.7 Å². The predicted molar refractivity (Wildman–Crippen MR) is 85.1 cm³/mol. The topological polar surface area (TPSA) is 46.9 Å². The molecule has 1 aromatic heterocycles. The van der Waals surface area contributed by atoms with E-state index in [4.69, 9.17) is 0 Å². The normalized spacial score (nSPS) is 16.7. The quantitative estimate of drug-likeness (QED) is 0.788. The number of aromatic nitrogens is 2. The molecule has 1 aliphatic rings. The molecule has 0 spiro atoms. The highest BCUT2D eigenvalue weighted by Crippen LogP contribution is 2.37. The molecule has 0 saturated heterocycles. The van der Waals surface area contributed by atoms with Crippen molar-refractivity contribution in [1.29, 1.82) is 0 Å². The number of hydrogen-bond donors (Lipinski definition) is 1. The number of fused-ring (bicyclic) bond motifs is 1. The Morgan fingerprint density at radius 3 is 2.57 bits per heavy atom. The van der Waals surface area contributed by atoms with E-state index in [-0.39, 0.29) is 17.6 Å². The van der Waals surface area contributed by atoms with Crippen LogP contribution in [0.4, 0.5) is 10.2 Å². The van der Waals surface area contributed by atoms with Crippen LogP contribution in [0, 0.1) is 5.82 Å². The summed E-state index contributed by atoms with van der Waals surface area (Å²) in [7, 11) is 0. The zero-order valence-electron chi connectivity index (χ0n) is 12.2. The molecule has 0 aliphatic carbocycles. The van der Waals surface area contributed by atoms with Gasteiger partial charge in [0.15, 0.2) is 0 Å². The maximum absolute atomic E-state index is 13.1. The van der Waals surface area contributed by atoms with Gasteiger partial charge in [-0.15, -0.1) is 0 Å². The van der Waals surface area contributed by atoms with Gasteiger partial charge in [0.2, 0.25) is 5.91 Å². The minimum atomic E-state index is -0.297. The van der Waals surface area contributed by atoms with E-state index in [2.05, 4.69) is 10.3 Å². The summed E-state index contributed by atoms with van der Waals surface area (Å²) in [4.78, 5) is 16.6. The molecule has 1 aliphatic heterocycles. The van der Waals surface area contributed by atoms with Crippen molar-refractivity contribution < 1.29 is 9.18 Å². The standard InChI is InChI=1S/C18H14FN3O/c19-13-6-8-14(9-7-13)22-11-20-17-15(10-16(23)21-18(17)22)12-4-2-1-3-5-12/h1-9,11,15H,10H2,(H,21,23). The number of halogens is 1. The van der Waals surface area contributed by atoms with Gasteiger partial charge in [-0.2, -0.15) is 0 Å². The lowest BCUT2D eigenvalue weighted by Crippen LogP contribution is -2.24. The summed E-state index contributed by atoms with van der Waals surface area (Å²) in [6, 6.07) is 16.0. The summed E-state index contributed by atoms with van der Waals surface area (Å²) in [5, 5.41) is 2.89. The van der Waals surface area contributed by atoms with Crippen molar-refractivity contribution in [2.75, 3.05) is 5.32 Å². The number of anilines is 1. The van der Waals surface area contributed by atoms with Crippen LogP contribution in [0.25, 0.3) is 5.69 Å². The SMILES string of the molecule is O=C1CC(c2ccccc2)c2ncn(-c3ccc(F)cc3)c2N1. The van der Waals surface area contributed by atoms with E-state index in [1.54, 1.807) is 23.0 Å².